The highest BCUT2D eigenvalue weighted by Crippen LogP contribution is 2.15. The molecule has 0 aromatic heterocycles. The Morgan fingerprint density at radius 2 is 1.09 bits per heavy atom. The normalized spacial score (nSPS) is 12.9. The highest BCUT2D eigenvalue weighted by molar-refractivity contribution is 7.61. The Kier molecular flexibility index (Phi) is 6.02. The van der Waals surface area contributed by atoms with Crippen molar-refractivity contribution in [3.05, 3.63) is 60.7 Å². The van der Waals surface area contributed by atoms with Crippen LogP contribution >= 0.6 is 0 Å². The maximum absolute atomic E-state index is 6.89. The van der Waals surface area contributed by atoms with Crippen molar-refractivity contribution in [1.29, 1.82) is 0 Å². The molecule has 1 nitrogen and oxygen atoms in total. The zero-order valence-corrected chi connectivity index (χ0v) is 19.2. The molecule has 0 fully saturated rings. The zero-order valence-electron chi connectivity index (χ0n) is 15.2. The first kappa shape index (κ1) is 18.6. The summed E-state index contributed by atoms with van der Waals surface area (Å²) in [6.45, 7) is 14.6. The van der Waals surface area contributed by atoms with E-state index in [1.54, 1.807) is 5.19 Å². The van der Waals surface area contributed by atoms with Crippen molar-refractivity contribution >= 4 is 42.7 Å². The van der Waals surface area contributed by atoms with Gasteiger partial charge in [-0.25, -0.2) is 0 Å². The molecule has 0 heterocycles. The highest BCUT2D eigenvalue weighted by Gasteiger charge is 2.42. The van der Waals surface area contributed by atoms with Gasteiger partial charge in [0, 0.05) is 7.59 Å². The monoisotopic (exact) mass is 372 g/mol. The van der Waals surface area contributed by atoms with E-state index >= 15 is 0 Å². The molecule has 0 unspecified atom stereocenters. The number of rotatable bonds is 6. The summed E-state index contributed by atoms with van der Waals surface area (Å²) in [6.07, 6.45) is 0. The van der Waals surface area contributed by atoms with Gasteiger partial charge in [0.15, 0.2) is 8.32 Å². The summed E-state index contributed by atoms with van der Waals surface area (Å²) < 4.78 is 6.89. The first-order valence-electron chi connectivity index (χ1n) is 8.23. The second kappa shape index (κ2) is 7.44. The van der Waals surface area contributed by atoms with Gasteiger partial charge in [-0.15, -0.1) is 0 Å². The largest absolute Gasteiger partial charge is 0.455 e. The Balaban J connectivity index is 2.53. The molecule has 0 aliphatic rings. The molecule has 2 aromatic rings. The van der Waals surface area contributed by atoms with Gasteiger partial charge in [-0.05, 0) is 24.8 Å². The summed E-state index contributed by atoms with van der Waals surface area (Å²) in [6, 6.07) is 22.2. The van der Waals surface area contributed by atoms with Crippen molar-refractivity contribution in [2.45, 2.75) is 39.3 Å². The molecule has 0 aliphatic heterocycles. The Morgan fingerprint density at radius 1 is 0.652 bits per heavy atom. The van der Waals surface area contributed by atoms with Gasteiger partial charge in [-0.3, -0.25) is 0 Å². The van der Waals surface area contributed by atoms with Crippen LogP contribution in [0.1, 0.15) is 0 Å². The van der Waals surface area contributed by atoms with E-state index in [-0.39, 0.29) is 0 Å². The van der Waals surface area contributed by atoms with Gasteiger partial charge < -0.3 is 4.12 Å². The van der Waals surface area contributed by atoms with Gasteiger partial charge in [0.25, 0.3) is 0 Å². The summed E-state index contributed by atoms with van der Waals surface area (Å²) in [5, 5.41) is 3.02. The molecule has 23 heavy (non-hydrogen) atoms. The Bertz CT molecular complexity index is 602. The summed E-state index contributed by atoms with van der Waals surface area (Å²) in [5.41, 5.74) is 0. The molecule has 2 aromatic carbocycles. The van der Waals surface area contributed by atoms with E-state index in [4.69, 9.17) is 4.12 Å². The van der Waals surface area contributed by atoms with Crippen LogP contribution in [0, 0.1) is 0 Å². The Labute approximate surface area is 146 Å². The molecule has 0 saturated heterocycles. The van der Waals surface area contributed by atoms with Crippen LogP contribution in [0.4, 0.5) is 0 Å². The van der Waals surface area contributed by atoms with Crippen LogP contribution < -0.4 is 10.4 Å². The van der Waals surface area contributed by atoms with Crippen molar-refractivity contribution in [3.8, 4) is 0 Å². The lowest BCUT2D eigenvalue weighted by Gasteiger charge is -2.36. The summed E-state index contributed by atoms with van der Waals surface area (Å²) in [7, 11) is -4.62. The van der Waals surface area contributed by atoms with Gasteiger partial charge in [-0.1, -0.05) is 85.5 Å². The van der Waals surface area contributed by atoms with E-state index in [1.165, 1.54) is 5.19 Å². The van der Waals surface area contributed by atoms with Gasteiger partial charge in [0.05, 0.1) is 0 Å². The fourth-order valence-corrected chi connectivity index (χ4v) is 29.4. The molecule has 0 spiro atoms. The van der Waals surface area contributed by atoms with Crippen LogP contribution in [0.5, 0.6) is 0 Å². The molecule has 0 atom stereocenters. The van der Waals surface area contributed by atoms with Crippen LogP contribution in [0.3, 0.4) is 0 Å². The third kappa shape index (κ3) is 5.39. The first-order valence-corrected chi connectivity index (χ1v) is 20.0. The molecule has 0 amide bonds. The lowest BCUT2D eigenvalue weighted by Crippen LogP contribution is -2.68. The third-order valence-corrected chi connectivity index (χ3v) is 28.6. The van der Waals surface area contributed by atoms with E-state index in [0.29, 0.717) is 0 Å². The zero-order chi connectivity index (χ0) is 17.1. The third-order valence-electron chi connectivity index (χ3n) is 3.48. The van der Waals surface area contributed by atoms with E-state index in [0.717, 1.165) is 0 Å². The van der Waals surface area contributed by atoms with Crippen LogP contribution in [-0.2, 0) is 4.12 Å². The van der Waals surface area contributed by atoms with Gasteiger partial charge in [-0.2, -0.15) is 0 Å². The molecule has 0 bridgehead atoms. The van der Waals surface area contributed by atoms with E-state index in [9.17, 15) is 0 Å². The second-order valence-electron chi connectivity index (χ2n) is 7.90. The standard InChI is InChI=1S/C18H28OSi4/c1-22(2,3)19-20(17-13-9-7-10-14-17)21(23(4,5)6)18-15-11-8-12-16-18/h7-16H,1-6H3. The van der Waals surface area contributed by atoms with Gasteiger partial charge >= 0.3 is 0 Å². The lowest BCUT2D eigenvalue weighted by molar-refractivity contribution is 0.599. The van der Waals surface area contributed by atoms with E-state index < -0.39 is 32.3 Å². The predicted octanol–water partition coefficient (Wildman–Crippen LogP) is 3.63. The van der Waals surface area contributed by atoms with E-state index in [1.807, 2.05) is 0 Å². The van der Waals surface area contributed by atoms with Crippen LogP contribution in [-0.4, -0.2) is 32.3 Å². The summed E-state index contributed by atoms with van der Waals surface area (Å²) in [5.74, 6) is 0. The molecule has 0 saturated carbocycles. The quantitative estimate of drug-likeness (QED) is 0.704. The first-order chi connectivity index (χ1) is 10.7. The molecule has 2 radical (unpaired) electrons. The Morgan fingerprint density at radius 3 is 1.48 bits per heavy atom. The SMILES string of the molecule is C[Si](C)(C)O[Si](c1ccccc1)[Si](c1ccccc1)[Si](C)(C)C. The average Bonchev–Trinajstić information content (AvgIpc) is 2.46. The van der Waals surface area contributed by atoms with Crippen LogP contribution in [0.25, 0.3) is 0 Å². The minimum absolute atomic E-state index is 0.708. The van der Waals surface area contributed by atoms with Gasteiger partial charge in [0.2, 0.25) is 8.56 Å². The predicted molar refractivity (Wildman–Crippen MR) is 111 cm³/mol. The fraction of sp³-hybridized carbons (Fsp3) is 0.333. The fourth-order valence-electron chi connectivity index (χ4n) is 2.66. The van der Waals surface area contributed by atoms with Gasteiger partial charge in [0.1, 0.15) is 7.83 Å². The van der Waals surface area contributed by atoms with Crippen molar-refractivity contribution < 1.29 is 4.12 Å². The maximum atomic E-state index is 6.89. The number of hydrogen-bond donors (Lipinski definition) is 0. The minimum atomic E-state index is -1.58. The molecular weight excluding hydrogens is 345 g/mol. The summed E-state index contributed by atoms with van der Waals surface area (Å²) >= 11 is 0. The van der Waals surface area contributed by atoms with Crippen molar-refractivity contribution in [2.24, 2.45) is 0 Å². The maximum Gasteiger partial charge on any atom is 0.218 e. The van der Waals surface area contributed by atoms with Crippen molar-refractivity contribution in [2.75, 3.05) is 0 Å². The molecule has 0 aliphatic carbocycles. The van der Waals surface area contributed by atoms with Crippen LogP contribution in [0.15, 0.2) is 60.7 Å². The molecule has 2 rings (SSSR count). The summed E-state index contributed by atoms with van der Waals surface area (Å²) in [4.78, 5) is 0. The smallest absolute Gasteiger partial charge is 0.218 e. The lowest BCUT2D eigenvalue weighted by atomic mass is 10.4. The van der Waals surface area contributed by atoms with Crippen molar-refractivity contribution in [1.82, 2.24) is 0 Å². The molecule has 0 N–H and O–H groups in total. The molecular formula is C18H28OSi4. The second-order valence-corrected chi connectivity index (χ2v) is 30.4. The van der Waals surface area contributed by atoms with Crippen molar-refractivity contribution in [3.63, 3.8) is 0 Å². The number of benzene rings is 2. The molecule has 5 heteroatoms. The topological polar surface area (TPSA) is 9.23 Å². The van der Waals surface area contributed by atoms with Crippen LogP contribution in [0.2, 0.25) is 39.3 Å². The molecule has 122 valence electrons. The number of hydrogen-bond acceptors (Lipinski definition) is 1. The van der Waals surface area contributed by atoms with E-state index in [2.05, 4.69) is 99.9 Å². The average molecular weight is 373 g/mol. The Hall–Kier alpha value is -0.732. The highest BCUT2D eigenvalue weighted by atomic mass is 29.6. The minimum Gasteiger partial charge on any atom is -0.455 e.